The maximum atomic E-state index is 5.80. The van der Waals surface area contributed by atoms with E-state index in [1.807, 2.05) is 0 Å². The van der Waals surface area contributed by atoms with E-state index in [2.05, 4.69) is 36.5 Å². The van der Waals surface area contributed by atoms with Crippen LogP contribution in [0.25, 0.3) is 0 Å². The van der Waals surface area contributed by atoms with Crippen molar-refractivity contribution < 1.29 is 4.74 Å². The maximum Gasteiger partial charge on any atom is 0.122 e. The molecule has 1 saturated carbocycles. The van der Waals surface area contributed by atoms with Crippen LogP contribution in [0.1, 0.15) is 44.1 Å². The predicted octanol–water partition coefficient (Wildman–Crippen LogP) is 3.33. The lowest BCUT2D eigenvalue weighted by Gasteiger charge is -2.22. The van der Waals surface area contributed by atoms with Crippen LogP contribution in [0, 0.1) is 5.92 Å². The molecule has 1 aromatic rings. The van der Waals surface area contributed by atoms with Crippen LogP contribution in [-0.4, -0.2) is 19.2 Å². The quantitative estimate of drug-likeness (QED) is 0.878. The fraction of sp³-hybridized carbons (Fsp3) is 0.625. The van der Waals surface area contributed by atoms with Crippen LogP contribution in [-0.2, 0) is 0 Å². The second-order valence-electron chi connectivity index (χ2n) is 5.64. The first-order chi connectivity index (χ1) is 8.88. The third-order valence-electron chi connectivity index (χ3n) is 4.51. The molecule has 0 aromatic heterocycles. The summed E-state index contributed by atoms with van der Waals surface area (Å²) in [7, 11) is 0. The number of ether oxygens (including phenoxy) is 1. The number of nitrogens with one attached hydrogen (secondary N) is 1. The number of fused-ring (bicyclic) bond motifs is 1. The highest BCUT2D eigenvalue weighted by atomic mass is 16.5. The van der Waals surface area contributed by atoms with Crippen LogP contribution >= 0.6 is 0 Å². The monoisotopic (exact) mass is 245 g/mol. The molecule has 98 valence electrons. The third kappa shape index (κ3) is 2.26. The second-order valence-corrected chi connectivity index (χ2v) is 5.64. The Morgan fingerprint density at radius 1 is 1.28 bits per heavy atom. The molecule has 3 rings (SSSR count). The Balaban J connectivity index is 1.67. The van der Waals surface area contributed by atoms with Crippen molar-refractivity contribution in [2.75, 3.05) is 13.2 Å². The van der Waals surface area contributed by atoms with Crippen molar-refractivity contribution in [3.63, 3.8) is 0 Å². The van der Waals surface area contributed by atoms with Crippen LogP contribution in [0.15, 0.2) is 24.3 Å². The molecule has 1 aliphatic carbocycles. The Bertz CT molecular complexity index is 404. The van der Waals surface area contributed by atoms with Crippen molar-refractivity contribution in [2.45, 2.75) is 44.6 Å². The van der Waals surface area contributed by atoms with Crippen LogP contribution in [0.3, 0.4) is 0 Å². The van der Waals surface area contributed by atoms with E-state index in [0.717, 1.165) is 30.9 Å². The van der Waals surface area contributed by atoms with Gasteiger partial charge in [0.05, 0.1) is 6.61 Å². The van der Waals surface area contributed by atoms with Gasteiger partial charge < -0.3 is 10.1 Å². The Hall–Kier alpha value is -1.02. The van der Waals surface area contributed by atoms with Gasteiger partial charge in [0.25, 0.3) is 0 Å². The van der Waals surface area contributed by atoms with Gasteiger partial charge in [-0.3, -0.25) is 0 Å². The summed E-state index contributed by atoms with van der Waals surface area (Å²) < 4.78 is 5.80. The highest BCUT2D eigenvalue weighted by molar-refractivity contribution is 5.39. The zero-order valence-corrected chi connectivity index (χ0v) is 11.2. The Kier molecular flexibility index (Phi) is 3.55. The number of para-hydroxylation sites is 1. The number of hydrogen-bond donors (Lipinski definition) is 1. The number of benzene rings is 1. The van der Waals surface area contributed by atoms with Gasteiger partial charge in [0.1, 0.15) is 5.75 Å². The van der Waals surface area contributed by atoms with Crippen molar-refractivity contribution >= 4 is 0 Å². The van der Waals surface area contributed by atoms with Gasteiger partial charge >= 0.3 is 0 Å². The molecule has 0 saturated heterocycles. The van der Waals surface area contributed by atoms with Gasteiger partial charge in [-0.2, -0.15) is 0 Å². The minimum atomic E-state index is 0.616. The van der Waals surface area contributed by atoms with E-state index in [4.69, 9.17) is 4.74 Å². The molecule has 0 spiro atoms. The van der Waals surface area contributed by atoms with Crippen molar-refractivity contribution in [3.8, 4) is 5.75 Å². The van der Waals surface area contributed by atoms with E-state index in [9.17, 15) is 0 Å². The van der Waals surface area contributed by atoms with Gasteiger partial charge in [0, 0.05) is 17.5 Å². The maximum absolute atomic E-state index is 5.80. The lowest BCUT2D eigenvalue weighted by Crippen LogP contribution is -2.33. The smallest absolute Gasteiger partial charge is 0.122 e. The molecule has 2 heteroatoms. The van der Waals surface area contributed by atoms with Gasteiger partial charge in [-0.05, 0) is 37.8 Å². The van der Waals surface area contributed by atoms with Crippen molar-refractivity contribution in [2.24, 2.45) is 5.92 Å². The molecule has 0 radical (unpaired) electrons. The van der Waals surface area contributed by atoms with E-state index < -0.39 is 0 Å². The summed E-state index contributed by atoms with van der Waals surface area (Å²) in [6, 6.07) is 9.29. The lowest BCUT2D eigenvalue weighted by molar-refractivity contribution is 0.291. The zero-order valence-electron chi connectivity index (χ0n) is 11.2. The highest BCUT2D eigenvalue weighted by Crippen LogP contribution is 2.40. The molecule has 18 heavy (non-hydrogen) atoms. The molecule has 3 atom stereocenters. The first kappa shape index (κ1) is 12.0. The lowest BCUT2D eigenvalue weighted by atomic mass is 9.87. The van der Waals surface area contributed by atoms with Crippen LogP contribution in [0.5, 0.6) is 5.75 Å². The van der Waals surface area contributed by atoms with Gasteiger partial charge in [0.2, 0.25) is 0 Å². The summed E-state index contributed by atoms with van der Waals surface area (Å²) >= 11 is 0. The minimum absolute atomic E-state index is 0.616. The molecule has 3 unspecified atom stereocenters. The summed E-state index contributed by atoms with van der Waals surface area (Å²) in [5.41, 5.74) is 1.43. The first-order valence-electron chi connectivity index (χ1n) is 7.33. The molecule has 0 bridgehead atoms. The molecule has 2 aliphatic rings. The predicted molar refractivity (Wildman–Crippen MR) is 74.1 cm³/mol. The highest BCUT2D eigenvalue weighted by Gasteiger charge is 2.32. The number of hydrogen-bond acceptors (Lipinski definition) is 2. The largest absolute Gasteiger partial charge is 0.493 e. The molecular formula is C16H23NO. The van der Waals surface area contributed by atoms with Crippen molar-refractivity contribution in [3.05, 3.63) is 29.8 Å². The minimum Gasteiger partial charge on any atom is -0.493 e. The third-order valence-corrected chi connectivity index (χ3v) is 4.51. The summed E-state index contributed by atoms with van der Waals surface area (Å²) in [6.45, 7) is 4.19. The standard InChI is InChI=1S/C16H23NO/c1-2-17-15-8-5-6-12(15)10-13-11-18-16-9-4-3-7-14(13)16/h3-4,7,9,12-13,15,17H,2,5-6,8,10-11H2,1H3. The normalized spacial score (nSPS) is 30.2. The van der Waals surface area contributed by atoms with Crippen LogP contribution < -0.4 is 10.1 Å². The van der Waals surface area contributed by atoms with Gasteiger partial charge in [-0.1, -0.05) is 31.5 Å². The summed E-state index contributed by atoms with van der Waals surface area (Å²) in [6.07, 6.45) is 5.41. The fourth-order valence-corrected chi connectivity index (χ4v) is 3.64. The number of rotatable bonds is 4. The first-order valence-corrected chi connectivity index (χ1v) is 7.33. The van der Waals surface area contributed by atoms with Gasteiger partial charge in [-0.25, -0.2) is 0 Å². The summed E-state index contributed by atoms with van der Waals surface area (Å²) in [5.74, 6) is 2.57. The zero-order chi connectivity index (χ0) is 12.4. The van der Waals surface area contributed by atoms with Crippen LogP contribution in [0.4, 0.5) is 0 Å². The van der Waals surface area contributed by atoms with Gasteiger partial charge in [0.15, 0.2) is 0 Å². The molecular weight excluding hydrogens is 222 g/mol. The van der Waals surface area contributed by atoms with E-state index in [-0.39, 0.29) is 0 Å². The Labute approximate surface area is 110 Å². The SMILES string of the molecule is CCNC1CCCC1CC1COc2ccccc21. The molecule has 1 aliphatic heterocycles. The van der Waals surface area contributed by atoms with Gasteiger partial charge in [-0.15, -0.1) is 0 Å². The summed E-state index contributed by atoms with van der Waals surface area (Å²) in [5, 5.41) is 3.65. The molecule has 0 amide bonds. The summed E-state index contributed by atoms with van der Waals surface area (Å²) in [4.78, 5) is 0. The Morgan fingerprint density at radius 2 is 2.17 bits per heavy atom. The molecule has 1 heterocycles. The van der Waals surface area contributed by atoms with E-state index in [0.29, 0.717) is 5.92 Å². The second kappa shape index (κ2) is 5.31. The average molecular weight is 245 g/mol. The average Bonchev–Trinajstić information content (AvgIpc) is 2.99. The van der Waals surface area contributed by atoms with E-state index >= 15 is 0 Å². The van der Waals surface area contributed by atoms with Crippen molar-refractivity contribution in [1.82, 2.24) is 5.32 Å². The van der Waals surface area contributed by atoms with Crippen molar-refractivity contribution in [1.29, 1.82) is 0 Å². The molecule has 1 fully saturated rings. The fourth-order valence-electron chi connectivity index (χ4n) is 3.64. The topological polar surface area (TPSA) is 21.3 Å². The van der Waals surface area contributed by atoms with E-state index in [1.165, 1.54) is 31.2 Å². The molecule has 1 aromatic carbocycles. The molecule has 1 N–H and O–H groups in total. The molecule has 2 nitrogen and oxygen atoms in total. The van der Waals surface area contributed by atoms with Crippen LogP contribution in [0.2, 0.25) is 0 Å². The Morgan fingerprint density at radius 3 is 3.06 bits per heavy atom. The van der Waals surface area contributed by atoms with E-state index in [1.54, 1.807) is 0 Å².